The second-order valence-corrected chi connectivity index (χ2v) is 5.21. The summed E-state index contributed by atoms with van der Waals surface area (Å²) in [4.78, 5) is 6.87. The number of nitrogens with zero attached hydrogens (tertiary/aromatic N) is 2. The molecular formula is C12H15ClN2. The molecule has 0 aromatic carbocycles. The lowest BCUT2D eigenvalue weighted by Gasteiger charge is -2.28. The first-order valence-electron chi connectivity index (χ1n) is 5.63. The maximum absolute atomic E-state index is 6.24. The van der Waals surface area contributed by atoms with Crippen molar-refractivity contribution in [1.82, 2.24) is 4.98 Å². The lowest BCUT2D eigenvalue weighted by atomic mass is 10.1. The molecule has 15 heavy (non-hydrogen) atoms. The third-order valence-electron chi connectivity index (χ3n) is 3.64. The molecule has 3 heteroatoms. The quantitative estimate of drug-likeness (QED) is 0.726. The molecule has 2 heterocycles. The van der Waals surface area contributed by atoms with Crippen LogP contribution in [0.3, 0.4) is 0 Å². The number of fused-ring (bicyclic) bond motifs is 2. The Morgan fingerprint density at radius 1 is 1.47 bits per heavy atom. The molecule has 3 rings (SSSR count). The summed E-state index contributed by atoms with van der Waals surface area (Å²) in [5, 5.41) is 0.808. The summed E-state index contributed by atoms with van der Waals surface area (Å²) >= 11 is 6.24. The van der Waals surface area contributed by atoms with Crippen LogP contribution in [0.25, 0.3) is 0 Å². The lowest BCUT2D eigenvalue weighted by Crippen LogP contribution is -2.32. The van der Waals surface area contributed by atoms with Crippen molar-refractivity contribution in [2.75, 3.05) is 11.4 Å². The minimum Gasteiger partial charge on any atom is -0.352 e. The number of hydrogen-bond acceptors (Lipinski definition) is 2. The number of pyridine rings is 1. The second-order valence-electron chi connectivity index (χ2n) is 4.80. The minimum absolute atomic E-state index is 0.697. The zero-order chi connectivity index (χ0) is 10.4. The van der Waals surface area contributed by atoms with E-state index in [0.29, 0.717) is 6.04 Å². The molecule has 2 nitrogen and oxygen atoms in total. The number of piperidine rings is 1. The molecule has 0 radical (unpaired) electrons. The highest BCUT2D eigenvalue weighted by Gasteiger charge is 2.38. The van der Waals surface area contributed by atoms with Gasteiger partial charge in [0.1, 0.15) is 5.82 Å². The van der Waals surface area contributed by atoms with Gasteiger partial charge in [-0.05, 0) is 43.7 Å². The summed E-state index contributed by atoms with van der Waals surface area (Å²) in [6.45, 7) is 3.18. The highest BCUT2D eigenvalue weighted by Crippen LogP contribution is 2.41. The van der Waals surface area contributed by atoms with Crippen LogP contribution in [0.5, 0.6) is 0 Å². The van der Waals surface area contributed by atoms with Crippen molar-refractivity contribution in [3.63, 3.8) is 0 Å². The van der Waals surface area contributed by atoms with Gasteiger partial charge in [-0.3, -0.25) is 0 Å². The SMILES string of the molecule is Cc1cnc(N2CC3CCC2C3)c(Cl)c1. The van der Waals surface area contributed by atoms with Gasteiger partial charge < -0.3 is 4.90 Å². The van der Waals surface area contributed by atoms with E-state index in [0.717, 1.165) is 28.9 Å². The third-order valence-corrected chi connectivity index (χ3v) is 3.92. The van der Waals surface area contributed by atoms with E-state index in [-0.39, 0.29) is 0 Å². The van der Waals surface area contributed by atoms with E-state index in [4.69, 9.17) is 11.6 Å². The third kappa shape index (κ3) is 1.51. The molecule has 2 atom stereocenters. The first-order valence-corrected chi connectivity index (χ1v) is 6.00. The highest BCUT2D eigenvalue weighted by molar-refractivity contribution is 6.33. The van der Waals surface area contributed by atoms with Gasteiger partial charge in [0.15, 0.2) is 0 Å². The van der Waals surface area contributed by atoms with Crippen LogP contribution >= 0.6 is 11.6 Å². The van der Waals surface area contributed by atoms with E-state index in [1.807, 2.05) is 19.2 Å². The zero-order valence-electron chi connectivity index (χ0n) is 8.91. The Bertz CT molecular complexity index is 391. The van der Waals surface area contributed by atoms with Crippen molar-refractivity contribution in [1.29, 1.82) is 0 Å². The number of halogens is 1. The van der Waals surface area contributed by atoms with Crippen LogP contribution in [0.4, 0.5) is 5.82 Å². The summed E-state index contributed by atoms with van der Waals surface area (Å²) < 4.78 is 0. The van der Waals surface area contributed by atoms with E-state index in [1.165, 1.54) is 19.3 Å². The fourth-order valence-electron chi connectivity index (χ4n) is 2.92. The molecular weight excluding hydrogens is 208 g/mol. The molecule has 0 N–H and O–H groups in total. The van der Waals surface area contributed by atoms with Gasteiger partial charge in [0.05, 0.1) is 5.02 Å². The molecule has 0 spiro atoms. The van der Waals surface area contributed by atoms with Gasteiger partial charge in [-0.2, -0.15) is 0 Å². The second kappa shape index (κ2) is 3.38. The van der Waals surface area contributed by atoms with Crippen molar-refractivity contribution in [3.8, 4) is 0 Å². The Hall–Kier alpha value is -0.760. The average Bonchev–Trinajstić information content (AvgIpc) is 2.78. The topological polar surface area (TPSA) is 16.1 Å². The first kappa shape index (κ1) is 9.46. The molecule has 2 unspecified atom stereocenters. The van der Waals surface area contributed by atoms with Crippen LogP contribution in [0.1, 0.15) is 24.8 Å². The number of rotatable bonds is 1. The molecule has 0 amide bonds. The van der Waals surface area contributed by atoms with Crippen LogP contribution in [0.2, 0.25) is 5.02 Å². The Kier molecular flexibility index (Phi) is 2.13. The summed E-state index contributed by atoms with van der Waals surface area (Å²) in [5.74, 6) is 1.88. The van der Waals surface area contributed by atoms with Crippen LogP contribution in [0.15, 0.2) is 12.3 Å². The van der Waals surface area contributed by atoms with Crippen molar-refractivity contribution in [2.45, 2.75) is 32.2 Å². The van der Waals surface area contributed by atoms with Crippen molar-refractivity contribution in [2.24, 2.45) is 5.92 Å². The molecule has 1 aromatic heterocycles. The standard InChI is InChI=1S/C12H15ClN2/c1-8-4-11(13)12(14-6-8)15-7-9-2-3-10(15)5-9/h4,6,9-10H,2-3,5,7H2,1H3. The Morgan fingerprint density at radius 2 is 2.33 bits per heavy atom. The molecule has 2 bridgehead atoms. The molecule has 1 aromatic rings. The number of anilines is 1. The van der Waals surface area contributed by atoms with E-state index < -0.39 is 0 Å². The van der Waals surface area contributed by atoms with Gasteiger partial charge >= 0.3 is 0 Å². The van der Waals surface area contributed by atoms with E-state index in [2.05, 4.69) is 9.88 Å². The minimum atomic E-state index is 0.697. The maximum atomic E-state index is 6.24. The summed E-state index contributed by atoms with van der Waals surface area (Å²) in [7, 11) is 0. The Labute approximate surface area is 95.3 Å². The summed E-state index contributed by atoms with van der Waals surface area (Å²) in [6.07, 6.45) is 5.96. The van der Waals surface area contributed by atoms with Crippen molar-refractivity contribution in [3.05, 3.63) is 22.8 Å². The van der Waals surface area contributed by atoms with Gasteiger partial charge in [-0.15, -0.1) is 0 Å². The average molecular weight is 223 g/mol. The number of aryl methyl sites for hydroxylation is 1. The van der Waals surface area contributed by atoms with Gasteiger partial charge in [-0.1, -0.05) is 11.6 Å². The molecule has 2 aliphatic rings. The fraction of sp³-hybridized carbons (Fsp3) is 0.583. The molecule has 1 aliphatic heterocycles. The highest BCUT2D eigenvalue weighted by atomic mass is 35.5. The lowest BCUT2D eigenvalue weighted by molar-refractivity contribution is 0.550. The maximum Gasteiger partial charge on any atom is 0.147 e. The Morgan fingerprint density at radius 3 is 2.93 bits per heavy atom. The molecule has 1 saturated carbocycles. The molecule has 2 fully saturated rings. The van der Waals surface area contributed by atoms with Gasteiger partial charge in [0, 0.05) is 18.8 Å². The largest absolute Gasteiger partial charge is 0.352 e. The van der Waals surface area contributed by atoms with E-state index in [9.17, 15) is 0 Å². The van der Waals surface area contributed by atoms with E-state index in [1.54, 1.807) is 0 Å². The summed E-state index contributed by atoms with van der Waals surface area (Å²) in [5.41, 5.74) is 1.13. The van der Waals surface area contributed by atoms with Gasteiger partial charge in [-0.25, -0.2) is 4.98 Å². The normalized spacial score (nSPS) is 28.8. The van der Waals surface area contributed by atoms with Crippen LogP contribution in [0, 0.1) is 12.8 Å². The van der Waals surface area contributed by atoms with Gasteiger partial charge in [0.25, 0.3) is 0 Å². The van der Waals surface area contributed by atoms with E-state index >= 15 is 0 Å². The number of hydrogen-bond donors (Lipinski definition) is 0. The molecule has 1 aliphatic carbocycles. The predicted molar refractivity (Wildman–Crippen MR) is 62.5 cm³/mol. The molecule has 1 saturated heterocycles. The summed E-state index contributed by atoms with van der Waals surface area (Å²) in [6, 6.07) is 2.71. The zero-order valence-corrected chi connectivity index (χ0v) is 9.67. The van der Waals surface area contributed by atoms with Crippen molar-refractivity contribution < 1.29 is 0 Å². The van der Waals surface area contributed by atoms with Crippen LogP contribution < -0.4 is 4.90 Å². The smallest absolute Gasteiger partial charge is 0.147 e. The fourth-order valence-corrected chi connectivity index (χ4v) is 3.25. The van der Waals surface area contributed by atoms with Gasteiger partial charge in [0.2, 0.25) is 0 Å². The predicted octanol–water partition coefficient (Wildman–Crippen LogP) is 3.03. The van der Waals surface area contributed by atoms with Crippen LogP contribution in [-0.4, -0.2) is 17.6 Å². The van der Waals surface area contributed by atoms with Crippen molar-refractivity contribution >= 4 is 17.4 Å². The number of aromatic nitrogens is 1. The first-order chi connectivity index (χ1) is 7.24. The Balaban J connectivity index is 1.93. The van der Waals surface area contributed by atoms with Crippen LogP contribution in [-0.2, 0) is 0 Å². The molecule has 80 valence electrons. The monoisotopic (exact) mass is 222 g/mol.